The number of hydrogen-bond acceptors (Lipinski definition) is 3. The molecular formula is C22H27N3O2. The number of amides is 2. The fourth-order valence-electron chi connectivity index (χ4n) is 3.67. The van der Waals surface area contributed by atoms with Crippen LogP contribution in [0.15, 0.2) is 54.6 Å². The van der Waals surface area contributed by atoms with Gasteiger partial charge in [-0.2, -0.15) is 0 Å². The molecule has 0 spiro atoms. The number of carbonyl (C=O) groups excluding carboxylic acids is 2. The van der Waals surface area contributed by atoms with Gasteiger partial charge in [0.1, 0.15) is 0 Å². The molecule has 2 aromatic rings. The van der Waals surface area contributed by atoms with Crippen LogP contribution in [-0.2, 0) is 0 Å². The third kappa shape index (κ3) is 4.19. The van der Waals surface area contributed by atoms with Gasteiger partial charge >= 0.3 is 0 Å². The number of hydrogen-bond donors (Lipinski definition) is 1. The summed E-state index contributed by atoms with van der Waals surface area (Å²) in [4.78, 5) is 29.4. The average molecular weight is 365 g/mol. The number of para-hydroxylation sites is 1. The highest BCUT2D eigenvalue weighted by molar-refractivity contribution is 6.07. The third-order valence-electron chi connectivity index (χ3n) is 5.22. The van der Waals surface area contributed by atoms with Gasteiger partial charge < -0.3 is 15.5 Å². The summed E-state index contributed by atoms with van der Waals surface area (Å²) in [6, 6.07) is 16.4. The smallest absolute Gasteiger partial charge is 0.258 e. The molecule has 1 aliphatic rings. The lowest BCUT2D eigenvalue weighted by molar-refractivity contribution is 0.0584. The van der Waals surface area contributed by atoms with E-state index in [0.717, 1.165) is 24.9 Å². The van der Waals surface area contributed by atoms with Gasteiger partial charge in [0, 0.05) is 42.5 Å². The Balaban J connectivity index is 1.82. The second-order valence-electron chi connectivity index (χ2n) is 7.20. The van der Waals surface area contributed by atoms with Crippen LogP contribution in [0.3, 0.4) is 0 Å². The monoisotopic (exact) mass is 365 g/mol. The first-order valence-corrected chi connectivity index (χ1v) is 9.49. The van der Waals surface area contributed by atoms with Crippen molar-refractivity contribution in [1.82, 2.24) is 4.90 Å². The first-order valence-electron chi connectivity index (χ1n) is 9.49. The van der Waals surface area contributed by atoms with E-state index in [1.54, 1.807) is 36.2 Å². The molecule has 2 aromatic carbocycles. The van der Waals surface area contributed by atoms with Crippen LogP contribution in [-0.4, -0.2) is 42.4 Å². The molecular weight excluding hydrogens is 338 g/mol. The Kier molecular flexibility index (Phi) is 5.91. The zero-order valence-electron chi connectivity index (χ0n) is 16.0. The first-order chi connectivity index (χ1) is 13.0. The van der Waals surface area contributed by atoms with Crippen molar-refractivity contribution in [3.8, 4) is 0 Å². The molecule has 5 nitrogen and oxygen atoms in total. The Hall–Kier alpha value is -2.66. The number of anilines is 1. The van der Waals surface area contributed by atoms with Crippen molar-refractivity contribution in [3.05, 3.63) is 65.7 Å². The summed E-state index contributed by atoms with van der Waals surface area (Å²) in [5.41, 5.74) is 7.95. The third-order valence-corrected chi connectivity index (χ3v) is 5.22. The number of likely N-dealkylation sites (tertiary alicyclic amines) is 1. The Bertz CT molecular complexity index is 804. The number of benzene rings is 2. The number of rotatable bonds is 4. The lowest BCUT2D eigenvalue weighted by atomic mass is 9.95. The normalized spacial score (nSPS) is 18.0. The predicted molar refractivity (Wildman–Crippen MR) is 108 cm³/mol. The van der Waals surface area contributed by atoms with Crippen molar-refractivity contribution in [2.75, 3.05) is 18.5 Å². The number of piperidine rings is 1. The first kappa shape index (κ1) is 19.1. The topological polar surface area (TPSA) is 66.6 Å². The second-order valence-corrected chi connectivity index (χ2v) is 7.20. The van der Waals surface area contributed by atoms with Crippen molar-refractivity contribution in [3.63, 3.8) is 0 Å². The summed E-state index contributed by atoms with van der Waals surface area (Å²) in [5, 5.41) is 0. The van der Waals surface area contributed by atoms with E-state index in [9.17, 15) is 9.59 Å². The molecule has 1 aliphatic heterocycles. The van der Waals surface area contributed by atoms with Crippen molar-refractivity contribution in [2.24, 2.45) is 5.73 Å². The molecule has 2 N–H and O–H groups in total. The minimum atomic E-state index is -0.141. The van der Waals surface area contributed by atoms with Gasteiger partial charge in [0.05, 0.1) is 0 Å². The Morgan fingerprint density at radius 1 is 1.07 bits per heavy atom. The lowest BCUT2D eigenvalue weighted by Crippen LogP contribution is -2.51. The minimum Gasteiger partial charge on any atom is -0.334 e. The zero-order chi connectivity index (χ0) is 19.4. The Morgan fingerprint density at radius 2 is 1.78 bits per heavy atom. The molecule has 3 rings (SSSR count). The molecule has 2 amide bonds. The van der Waals surface area contributed by atoms with Crippen LogP contribution in [0.25, 0.3) is 0 Å². The average Bonchev–Trinajstić information content (AvgIpc) is 2.72. The van der Waals surface area contributed by atoms with Crippen LogP contribution in [0, 0.1) is 0 Å². The molecule has 2 atom stereocenters. The SMILES string of the molecule is CC(N)C1CCCCN1C(=O)c1cccc(C(=O)N(C)c2ccccc2)c1. The van der Waals surface area contributed by atoms with E-state index in [4.69, 9.17) is 5.73 Å². The number of nitrogens with zero attached hydrogens (tertiary/aromatic N) is 2. The van der Waals surface area contributed by atoms with Gasteiger partial charge in [-0.25, -0.2) is 0 Å². The molecule has 1 heterocycles. The van der Waals surface area contributed by atoms with Gasteiger partial charge in [-0.15, -0.1) is 0 Å². The Morgan fingerprint density at radius 3 is 2.48 bits per heavy atom. The number of nitrogens with two attached hydrogens (primary N) is 1. The molecule has 0 bridgehead atoms. The fourth-order valence-corrected chi connectivity index (χ4v) is 3.67. The van der Waals surface area contributed by atoms with E-state index < -0.39 is 0 Å². The molecule has 5 heteroatoms. The zero-order valence-corrected chi connectivity index (χ0v) is 16.0. The summed E-state index contributed by atoms with van der Waals surface area (Å²) in [6.07, 6.45) is 3.01. The van der Waals surface area contributed by atoms with Crippen molar-refractivity contribution in [1.29, 1.82) is 0 Å². The van der Waals surface area contributed by atoms with Crippen LogP contribution >= 0.6 is 0 Å². The van der Waals surface area contributed by atoms with E-state index in [-0.39, 0.29) is 23.9 Å². The van der Waals surface area contributed by atoms with Crippen LogP contribution < -0.4 is 10.6 Å². The maximum absolute atomic E-state index is 13.1. The van der Waals surface area contributed by atoms with Gasteiger partial charge in [-0.3, -0.25) is 9.59 Å². The molecule has 27 heavy (non-hydrogen) atoms. The molecule has 1 fully saturated rings. The van der Waals surface area contributed by atoms with Crippen LogP contribution in [0.5, 0.6) is 0 Å². The molecule has 2 unspecified atom stereocenters. The van der Waals surface area contributed by atoms with Crippen LogP contribution in [0.1, 0.15) is 46.9 Å². The Labute approximate surface area is 160 Å². The highest BCUT2D eigenvalue weighted by Gasteiger charge is 2.30. The van der Waals surface area contributed by atoms with E-state index in [2.05, 4.69) is 0 Å². The van der Waals surface area contributed by atoms with Gasteiger partial charge in [0.2, 0.25) is 0 Å². The van der Waals surface area contributed by atoms with Gasteiger partial charge in [-0.05, 0) is 56.5 Å². The highest BCUT2D eigenvalue weighted by atomic mass is 16.2. The van der Waals surface area contributed by atoms with Crippen LogP contribution in [0.4, 0.5) is 5.69 Å². The van der Waals surface area contributed by atoms with E-state index in [0.29, 0.717) is 17.7 Å². The maximum atomic E-state index is 13.1. The summed E-state index contributed by atoms with van der Waals surface area (Å²) in [5.74, 6) is -0.188. The van der Waals surface area contributed by atoms with E-state index in [1.807, 2.05) is 42.2 Å². The van der Waals surface area contributed by atoms with Crippen molar-refractivity contribution >= 4 is 17.5 Å². The highest BCUT2D eigenvalue weighted by Crippen LogP contribution is 2.22. The minimum absolute atomic E-state index is 0.0472. The van der Waals surface area contributed by atoms with Gasteiger partial charge in [-0.1, -0.05) is 24.3 Å². The van der Waals surface area contributed by atoms with E-state index in [1.165, 1.54) is 0 Å². The number of carbonyl (C=O) groups is 2. The summed E-state index contributed by atoms with van der Waals surface area (Å²) >= 11 is 0. The van der Waals surface area contributed by atoms with Gasteiger partial charge in [0.25, 0.3) is 11.8 Å². The molecule has 0 aromatic heterocycles. The predicted octanol–water partition coefficient (Wildman–Crippen LogP) is 3.31. The molecule has 1 saturated heterocycles. The standard InChI is InChI=1S/C22H27N3O2/c1-16(23)20-13-6-7-14-25(20)22(27)18-10-8-9-17(15-18)21(26)24(2)19-11-4-3-5-12-19/h3-5,8-12,15-16,20H,6-7,13-14,23H2,1-2H3. The molecule has 0 aliphatic carbocycles. The molecule has 142 valence electrons. The summed E-state index contributed by atoms with van der Waals surface area (Å²) < 4.78 is 0. The summed E-state index contributed by atoms with van der Waals surface area (Å²) in [6.45, 7) is 2.66. The van der Waals surface area contributed by atoms with Gasteiger partial charge in [0.15, 0.2) is 0 Å². The fraction of sp³-hybridized carbons (Fsp3) is 0.364. The quantitative estimate of drug-likeness (QED) is 0.904. The molecule has 0 radical (unpaired) electrons. The van der Waals surface area contributed by atoms with E-state index >= 15 is 0 Å². The van der Waals surface area contributed by atoms with Crippen molar-refractivity contribution in [2.45, 2.75) is 38.3 Å². The van der Waals surface area contributed by atoms with Crippen LogP contribution in [0.2, 0.25) is 0 Å². The largest absolute Gasteiger partial charge is 0.334 e. The summed E-state index contributed by atoms with van der Waals surface area (Å²) in [7, 11) is 1.74. The van der Waals surface area contributed by atoms with Crippen molar-refractivity contribution < 1.29 is 9.59 Å². The molecule has 0 saturated carbocycles. The maximum Gasteiger partial charge on any atom is 0.258 e. The second kappa shape index (κ2) is 8.35. The lowest BCUT2D eigenvalue weighted by Gasteiger charge is -2.38.